The SMILES string of the molecule is N#Cc1ccc(-c2ccc(Cl)cc2)nc1SC1CC(=O)N(c2ccc(C(=O)OCC(=O)c3ccc(-c4ccccc4)cc3)cc2)C1=O. The molecule has 2 amide bonds. The van der Waals surface area contributed by atoms with Crippen LogP contribution in [0.5, 0.6) is 0 Å². The lowest BCUT2D eigenvalue weighted by molar-refractivity contribution is -0.121. The first-order valence-corrected chi connectivity index (χ1v) is 15.7. The molecular weight excluding hydrogens is 634 g/mol. The summed E-state index contributed by atoms with van der Waals surface area (Å²) in [6.07, 6.45) is -0.0839. The Balaban J connectivity index is 1.08. The third-order valence-electron chi connectivity index (χ3n) is 7.49. The first-order valence-electron chi connectivity index (χ1n) is 14.5. The molecule has 1 aliphatic rings. The molecule has 1 aliphatic heterocycles. The normalized spacial score (nSPS) is 14.1. The number of amides is 2. The van der Waals surface area contributed by atoms with Crippen molar-refractivity contribution in [2.75, 3.05) is 11.5 Å². The van der Waals surface area contributed by atoms with Crippen LogP contribution in [-0.4, -0.2) is 40.4 Å². The number of esters is 1. The summed E-state index contributed by atoms with van der Waals surface area (Å²) in [6.45, 7) is -0.439. The van der Waals surface area contributed by atoms with E-state index < -0.39 is 29.6 Å². The molecule has 4 aromatic carbocycles. The molecule has 1 aromatic heterocycles. The second kappa shape index (κ2) is 13.8. The Morgan fingerprint density at radius 2 is 1.47 bits per heavy atom. The van der Waals surface area contributed by atoms with Gasteiger partial charge in [-0.25, -0.2) is 14.7 Å². The zero-order chi connectivity index (χ0) is 32.9. The van der Waals surface area contributed by atoms with Gasteiger partial charge in [-0.3, -0.25) is 14.4 Å². The number of carbonyl (C=O) groups is 4. The minimum Gasteiger partial charge on any atom is -0.454 e. The molecule has 2 heterocycles. The molecule has 6 rings (SSSR count). The van der Waals surface area contributed by atoms with E-state index in [1.807, 2.05) is 42.5 Å². The smallest absolute Gasteiger partial charge is 0.338 e. The molecular formula is C37H24ClN3O5S. The Morgan fingerprint density at radius 1 is 0.830 bits per heavy atom. The third-order valence-corrected chi connectivity index (χ3v) is 8.93. The Kier molecular flexibility index (Phi) is 9.25. The summed E-state index contributed by atoms with van der Waals surface area (Å²) < 4.78 is 5.24. The average molecular weight is 658 g/mol. The fourth-order valence-electron chi connectivity index (χ4n) is 5.02. The lowest BCUT2D eigenvalue weighted by Crippen LogP contribution is -2.31. The molecule has 0 aliphatic carbocycles. The summed E-state index contributed by atoms with van der Waals surface area (Å²) in [5.41, 5.74) is 4.53. The van der Waals surface area contributed by atoms with Crippen LogP contribution in [0.3, 0.4) is 0 Å². The molecule has 1 atom stereocenters. The third kappa shape index (κ3) is 6.99. The number of rotatable bonds is 9. The largest absolute Gasteiger partial charge is 0.454 e. The van der Waals surface area contributed by atoms with Gasteiger partial charge in [0.1, 0.15) is 11.1 Å². The predicted octanol–water partition coefficient (Wildman–Crippen LogP) is 7.40. The van der Waals surface area contributed by atoms with Gasteiger partial charge in [-0.1, -0.05) is 90.1 Å². The van der Waals surface area contributed by atoms with Crippen molar-refractivity contribution < 1.29 is 23.9 Å². The fourth-order valence-corrected chi connectivity index (χ4v) is 6.24. The standard InChI is InChI=1S/C37H24ClN3O5S/c38-29-15-10-25(11-16-29)31-19-14-28(21-39)35(40-31)47-33-20-34(43)41(36(33)44)30-17-12-27(13-18-30)37(45)46-22-32(42)26-8-6-24(7-9-26)23-4-2-1-3-5-23/h1-19,33H,20,22H2. The Morgan fingerprint density at radius 3 is 2.15 bits per heavy atom. The van der Waals surface area contributed by atoms with Crippen molar-refractivity contribution in [3.8, 4) is 28.5 Å². The van der Waals surface area contributed by atoms with Crippen LogP contribution >= 0.6 is 23.4 Å². The number of hydrogen-bond acceptors (Lipinski definition) is 8. The maximum atomic E-state index is 13.4. The molecule has 230 valence electrons. The van der Waals surface area contributed by atoms with E-state index in [2.05, 4.69) is 11.1 Å². The van der Waals surface area contributed by atoms with Gasteiger partial charge >= 0.3 is 5.97 Å². The molecule has 0 radical (unpaired) electrons. The molecule has 1 saturated heterocycles. The summed E-state index contributed by atoms with van der Waals surface area (Å²) in [7, 11) is 0. The van der Waals surface area contributed by atoms with Crippen LogP contribution < -0.4 is 4.90 Å². The number of halogens is 1. The summed E-state index contributed by atoms with van der Waals surface area (Å²) >= 11 is 7.06. The van der Waals surface area contributed by atoms with E-state index in [0.717, 1.165) is 33.4 Å². The highest BCUT2D eigenvalue weighted by Gasteiger charge is 2.41. The summed E-state index contributed by atoms with van der Waals surface area (Å²) in [6, 6.07) is 35.1. The lowest BCUT2D eigenvalue weighted by atomic mass is 10.0. The van der Waals surface area contributed by atoms with Gasteiger partial charge in [0, 0.05) is 22.6 Å². The van der Waals surface area contributed by atoms with Gasteiger partial charge in [-0.15, -0.1) is 0 Å². The number of anilines is 1. The van der Waals surface area contributed by atoms with Crippen molar-refractivity contribution in [1.82, 2.24) is 4.98 Å². The second-order valence-electron chi connectivity index (χ2n) is 10.5. The molecule has 0 spiro atoms. The molecule has 1 fully saturated rings. The number of thioether (sulfide) groups is 1. The number of aromatic nitrogens is 1. The number of pyridine rings is 1. The van der Waals surface area contributed by atoms with Crippen LogP contribution in [0.1, 0.15) is 32.7 Å². The van der Waals surface area contributed by atoms with Crippen molar-refractivity contribution in [3.63, 3.8) is 0 Å². The summed E-state index contributed by atoms with van der Waals surface area (Å²) in [5.74, 6) is -1.94. The summed E-state index contributed by atoms with van der Waals surface area (Å²) in [4.78, 5) is 57.3. The molecule has 0 bridgehead atoms. The van der Waals surface area contributed by atoms with Crippen molar-refractivity contribution in [2.45, 2.75) is 16.7 Å². The van der Waals surface area contributed by atoms with Gasteiger partial charge in [0.25, 0.3) is 0 Å². The quantitative estimate of drug-likeness (QED) is 0.0914. The zero-order valence-electron chi connectivity index (χ0n) is 24.6. The van der Waals surface area contributed by atoms with Crippen molar-refractivity contribution in [3.05, 3.63) is 137 Å². The van der Waals surface area contributed by atoms with Gasteiger partial charge < -0.3 is 4.74 Å². The van der Waals surface area contributed by atoms with E-state index in [1.165, 1.54) is 24.3 Å². The predicted molar refractivity (Wildman–Crippen MR) is 179 cm³/mol. The fraction of sp³-hybridized carbons (Fsp3) is 0.0811. The molecule has 47 heavy (non-hydrogen) atoms. The number of nitrogens with zero attached hydrogens (tertiary/aromatic N) is 3. The molecule has 0 saturated carbocycles. The molecule has 1 unspecified atom stereocenters. The highest BCUT2D eigenvalue weighted by Crippen LogP contribution is 2.36. The Labute approximate surface area is 279 Å². The Bertz CT molecular complexity index is 2030. The van der Waals surface area contributed by atoms with Crippen LogP contribution in [-0.2, 0) is 14.3 Å². The zero-order valence-corrected chi connectivity index (χ0v) is 26.2. The number of benzene rings is 4. The minimum absolute atomic E-state index is 0.0839. The van der Waals surface area contributed by atoms with E-state index in [0.29, 0.717) is 21.3 Å². The van der Waals surface area contributed by atoms with Gasteiger partial charge in [0.15, 0.2) is 12.4 Å². The van der Waals surface area contributed by atoms with Crippen molar-refractivity contribution in [2.24, 2.45) is 0 Å². The maximum Gasteiger partial charge on any atom is 0.338 e. The molecule has 10 heteroatoms. The van der Waals surface area contributed by atoms with E-state index >= 15 is 0 Å². The van der Waals surface area contributed by atoms with E-state index in [4.69, 9.17) is 16.3 Å². The van der Waals surface area contributed by atoms with Gasteiger partial charge in [-0.05, 0) is 59.7 Å². The number of ether oxygens (including phenoxy) is 1. The van der Waals surface area contributed by atoms with Crippen LogP contribution in [0.15, 0.2) is 120 Å². The number of Topliss-reactive ketones (excluding diaryl/α,β-unsaturated/α-hetero) is 1. The first-order chi connectivity index (χ1) is 22.8. The van der Waals surface area contributed by atoms with Crippen molar-refractivity contribution in [1.29, 1.82) is 5.26 Å². The second-order valence-corrected chi connectivity index (χ2v) is 12.2. The van der Waals surface area contributed by atoms with Crippen LogP contribution in [0.4, 0.5) is 5.69 Å². The monoisotopic (exact) mass is 657 g/mol. The van der Waals surface area contributed by atoms with E-state index in [-0.39, 0.29) is 29.0 Å². The topological polar surface area (TPSA) is 117 Å². The van der Waals surface area contributed by atoms with Gasteiger partial charge in [-0.2, -0.15) is 5.26 Å². The minimum atomic E-state index is -0.792. The molecule has 8 nitrogen and oxygen atoms in total. The van der Waals surface area contributed by atoms with Crippen molar-refractivity contribution >= 4 is 52.6 Å². The highest BCUT2D eigenvalue weighted by atomic mass is 35.5. The summed E-state index contributed by atoms with van der Waals surface area (Å²) in [5, 5.41) is 9.77. The van der Waals surface area contributed by atoms with E-state index in [1.54, 1.807) is 48.5 Å². The first kappa shape index (κ1) is 31.4. The lowest BCUT2D eigenvalue weighted by Gasteiger charge is -2.15. The highest BCUT2D eigenvalue weighted by molar-refractivity contribution is 8.00. The maximum absolute atomic E-state index is 13.4. The number of hydrogen-bond donors (Lipinski definition) is 0. The number of carbonyl (C=O) groups excluding carboxylic acids is 4. The number of nitriles is 1. The van der Waals surface area contributed by atoms with Crippen LogP contribution in [0, 0.1) is 11.3 Å². The van der Waals surface area contributed by atoms with E-state index in [9.17, 15) is 24.4 Å². The van der Waals surface area contributed by atoms with Crippen LogP contribution in [0.2, 0.25) is 5.02 Å². The van der Waals surface area contributed by atoms with Gasteiger partial charge in [0.2, 0.25) is 11.8 Å². The van der Waals surface area contributed by atoms with Gasteiger partial charge in [0.05, 0.1) is 27.8 Å². The molecule has 5 aromatic rings. The number of ketones is 1. The average Bonchev–Trinajstić information content (AvgIpc) is 3.39. The number of imide groups is 1. The Hall–Kier alpha value is -5.56. The molecule has 0 N–H and O–H groups in total. The van der Waals surface area contributed by atoms with Crippen LogP contribution in [0.25, 0.3) is 22.4 Å².